The van der Waals surface area contributed by atoms with Crippen molar-refractivity contribution in [1.82, 2.24) is 0 Å². The Bertz CT molecular complexity index is 434. The molecule has 2 bridgehead atoms. The quantitative estimate of drug-likeness (QED) is 0.809. The molecule has 4 atom stereocenters. The van der Waals surface area contributed by atoms with Crippen LogP contribution in [0.25, 0.3) is 0 Å². The maximum absolute atomic E-state index is 12.6. The molecular weight excluding hydrogens is 272 g/mol. The highest BCUT2D eigenvalue weighted by Crippen LogP contribution is 2.64. The SMILES string of the molecule is CC1(OCCO)CCCC2(OO1)C(=O)C[C@H]1C[C@@H]2C1(C)C. The number of Topliss-reactive ketones (excluding diaryl/α,β-unsaturated/α-hetero) is 1. The fraction of sp³-hybridized carbons (Fsp3) is 0.938. The van der Waals surface area contributed by atoms with E-state index in [1.165, 1.54) is 0 Å². The third kappa shape index (κ3) is 2.25. The number of carbonyl (C=O) groups excluding carboxylic acids is 1. The number of aliphatic hydroxyl groups excluding tert-OH is 1. The summed E-state index contributed by atoms with van der Waals surface area (Å²) in [6, 6.07) is 0. The van der Waals surface area contributed by atoms with E-state index in [0.717, 1.165) is 12.8 Å². The Morgan fingerprint density at radius 3 is 2.71 bits per heavy atom. The minimum atomic E-state index is -0.878. The predicted octanol–water partition coefficient (Wildman–Crippen LogP) is 2.22. The molecule has 120 valence electrons. The zero-order chi connectivity index (χ0) is 15.3. The molecule has 5 nitrogen and oxygen atoms in total. The lowest BCUT2D eigenvalue weighted by molar-refractivity contribution is -0.463. The molecular formula is C16H26O5. The van der Waals surface area contributed by atoms with Crippen LogP contribution < -0.4 is 0 Å². The third-order valence-corrected chi connectivity index (χ3v) is 5.98. The van der Waals surface area contributed by atoms with Crippen molar-refractivity contribution in [3.63, 3.8) is 0 Å². The molecule has 1 spiro atoms. The summed E-state index contributed by atoms with van der Waals surface area (Å²) in [5.41, 5.74) is -0.650. The Morgan fingerprint density at radius 2 is 2.05 bits per heavy atom. The molecule has 0 aromatic heterocycles. The average molecular weight is 298 g/mol. The van der Waals surface area contributed by atoms with Gasteiger partial charge < -0.3 is 9.84 Å². The Balaban J connectivity index is 1.78. The van der Waals surface area contributed by atoms with Crippen molar-refractivity contribution in [2.75, 3.05) is 13.2 Å². The van der Waals surface area contributed by atoms with E-state index in [1.807, 2.05) is 6.92 Å². The number of ether oxygens (including phenoxy) is 1. The van der Waals surface area contributed by atoms with Crippen molar-refractivity contribution in [3.8, 4) is 0 Å². The first kappa shape index (κ1) is 15.4. The van der Waals surface area contributed by atoms with Crippen LogP contribution in [-0.4, -0.2) is 35.5 Å². The summed E-state index contributed by atoms with van der Waals surface area (Å²) in [4.78, 5) is 24.0. The Labute approximate surface area is 125 Å². The van der Waals surface area contributed by atoms with Gasteiger partial charge >= 0.3 is 0 Å². The number of hydrogen-bond donors (Lipinski definition) is 1. The van der Waals surface area contributed by atoms with E-state index in [-0.39, 0.29) is 30.3 Å². The first-order valence-electron chi connectivity index (χ1n) is 7.99. The minimum absolute atomic E-state index is 0.0552. The molecule has 0 aromatic rings. The molecule has 0 aromatic carbocycles. The standard InChI is InChI=1S/C16H26O5/c1-14(2)11-9-12(14)16(13(18)10-11)6-4-5-15(3,20-21-16)19-8-7-17/h11-12,17H,4-10H2,1-3H3/t11-,12-,15?,16?/m1/s1. The van der Waals surface area contributed by atoms with Crippen LogP contribution in [0.5, 0.6) is 0 Å². The van der Waals surface area contributed by atoms with Gasteiger partial charge in [0.05, 0.1) is 13.2 Å². The first-order valence-corrected chi connectivity index (χ1v) is 7.99. The van der Waals surface area contributed by atoms with E-state index in [1.54, 1.807) is 0 Å². The van der Waals surface area contributed by atoms with Gasteiger partial charge in [-0.2, -0.15) is 0 Å². The zero-order valence-corrected chi connectivity index (χ0v) is 13.2. The van der Waals surface area contributed by atoms with Crippen molar-refractivity contribution in [2.45, 2.75) is 64.3 Å². The molecule has 2 unspecified atom stereocenters. The van der Waals surface area contributed by atoms with Crippen molar-refractivity contribution < 1.29 is 24.4 Å². The highest BCUT2D eigenvalue weighted by atomic mass is 17.2. The molecule has 0 amide bonds. The van der Waals surface area contributed by atoms with Gasteiger partial charge in [-0.3, -0.25) is 4.79 Å². The summed E-state index contributed by atoms with van der Waals surface area (Å²) < 4.78 is 5.56. The van der Waals surface area contributed by atoms with Gasteiger partial charge in [-0.05, 0) is 37.5 Å². The number of hydrogen-bond acceptors (Lipinski definition) is 5. The van der Waals surface area contributed by atoms with Crippen LogP contribution in [0.2, 0.25) is 0 Å². The zero-order valence-electron chi connectivity index (χ0n) is 13.2. The lowest BCUT2D eigenvalue weighted by Crippen LogP contribution is -2.67. The van der Waals surface area contributed by atoms with Crippen LogP contribution in [0.3, 0.4) is 0 Å². The molecule has 1 aliphatic heterocycles. The maximum atomic E-state index is 12.6. The second-order valence-corrected chi connectivity index (χ2v) is 7.55. The van der Waals surface area contributed by atoms with Gasteiger partial charge in [-0.15, -0.1) is 0 Å². The van der Waals surface area contributed by atoms with Gasteiger partial charge in [0, 0.05) is 18.8 Å². The van der Waals surface area contributed by atoms with E-state index in [9.17, 15) is 4.79 Å². The lowest BCUT2D eigenvalue weighted by atomic mass is 9.43. The van der Waals surface area contributed by atoms with Gasteiger partial charge in [0.15, 0.2) is 17.2 Å². The summed E-state index contributed by atoms with van der Waals surface area (Å²) in [6.45, 7) is 6.42. The van der Waals surface area contributed by atoms with Crippen molar-refractivity contribution in [1.29, 1.82) is 0 Å². The molecule has 1 saturated heterocycles. The predicted molar refractivity (Wildman–Crippen MR) is 75.2 cm³/mol. The van der Waals surface area contributed by atoms with Crippen LogP contribution in [-0.2, 0) is 19.3 Å². The van der Waals surface area contributed by atoms with E-state index >= 15 is 0 Å². The number of aliphatic hydroxyl groups is 1. The summed E-state index contributed by atoms with van der Waals surface area (Å²) in [5, 5.41) is 8.91. The summed E-state index contributed by atoms with van der Waals surface area (Å²) in [6.07, 6.45) is 3.84. The minimum Gasteiger partial charge on any atom is -0.394 e. The molecule has 3 saturated carbocycles. The molecule has 0 radical (unpaired) electrons. The summed E-state index contributed by atoms with van der Waals surface area (Å²) in [7, 11) is 0. The Hall–Kier alpha value is -0.490. The van der Waals surface area contributed by atoms with Gasteiger partial charge in [0.1, 0.15) is 0 Å². The second-order valence-electron chi connectivity index (χ2n) is 7.55. The molecule has 1 heterocycles. The van der Waals surface area contributed by atoms with Crippen molar-refractivity contribution >= 4 is 5.78 Å². The van der Waals surface area contributed by atoms with Crippen LogP contribution >= 0.6 is 0 Å². The molecule has 4 fully saturated rings. The molecule has 5 heteroatoms. The van der Waals surface area contributed by atoms with Crippen LogP contribution in [0, 0.1) is 17.3 Å². The number of carbonyl (C=O) groups is 1. The fourth-order valence-electron chi connectivity index (χ4n) is 4.44. The summed E-state index contributed by atoms with van der Waals surface area (Å²) >= 11 is 0. The molecule has 1 N–H and O–H groups in total. The molecule has 4 rings (SSSR count). The number of fused-ring (bicyclic) bond motifs is 1. The van der Waals surface area contributed by atoms with E-state index in [0.29, 0.717) is 25.2 Å². The van der Waals surface area contributed by atoms with E-state index < -0.39 is 11.4 Å². The smallest absolute Gasteiger partial charge is 0.198 e. The fourth-order valence-corrected chi connectivity index (χ4v) is 4.44. The van der Waals surface area contributed by atoms with Gasteiger partial charge in [0.2, 0.25) is 0 Å². The maximum Gasteiger partial charge on any atom is 0.198 e. The van der Waals surface area contributed by atoms with E-state index in [2.05, 4.69) is 13.8 Å². The Morgan fingerprint density at radius 1 is 1.29 bits per heavy atom. The molecule has 3 aliphatic carbocycles. The highest BCUT2D eigenvalue weighted by molar-refractivity contribution is 5.90. The highest BCUT2D eigenvalue weighted by Gasteiger charge is 2.67. The van der Waals surface area contributed by atoms with Crippen molar-refractivity contribution in [2.24, 2.45) is 17.3 Å². The first-order chi connectivity index (χ1) is 9.84. The average Bonchev–Trinajstić information content (AvgIpc) is 2.60. The van der Waals surface area contributed by atoms with E-state index in [4.69, 9.17) is 19.6 Å². The normalized spacial score (nSPS) is 45.2. The van der Waals surface area contributed by atoms with Gasteiger partial charge in [0.25, 0.3) is 0 Å². The van der Waals surface area contributed by atoms with Crippen LogP contribution in [0.4, 0.5) is 0 Å². The largest absolute Gasteiger partial charge is 0.394 e. The number of ketones is 1. The van der Waals surface area contributed by atoms with Crippen LogP contribution in [0.1, 0.15) is 52.9 Å². The van der Waals surface area contributed by atoms with Crippen LogP contribution in [0.15, 0.2) is 0 Å². The van der Waals surface area contributed by atoms with Gasteiger partial charge in [-0.25, -0.2) is 9.78 Å². The second kappa shape index (κ2) is 5.01. The lowest BCUT2D eigenvalue weighted by Gasteiger charge is -2.62. The number of rotatable bonds is 3. The monoisotopic (exact) mass is 298 g/mol. The molecule has 4 aliphatic rings. The topological polar surface area (TPSA) is 65.0 Å². The third-order valence-electron chi connectivity index (χ3n) is 5.98. The summed E-state index contributed by atoms with van der Waals surface area (Å²) in [5.74, 6) is 0.0347. The molecule has 21 heavy (non-hydrogen) atoms. The Kier molecular flexibility index (Phi) is 3.68. The van der Waals surface area contributed by atoms with Gasteiger partial charge in [-0.1, -0.05) is 13.8 Å². The van der Waals surface area contributed by atoms with Crippen molar-refractivity contribution in [3.05, 3.63) is 0 Å².